The van der Waals surface area contributed by atoms with Crippen molar-refractivity contribution in [2.45, 2.75) is 57.3 Å². The van der Waals surface area contributed by atoms with Gasteiger partial charge in [0.15, 0.2) is 0 Å². The SMILES string of the molecule is CCCCC(CCCC)=C([Se]c1ccccc1)S(=O)c1ccccc1. The van der Waals surface area contributed by atoms with Crippen molar-refractivity contribution in [3.8, 4) is 0 Å². The monoisotopic (exact) mass is 420 g/mol. The third kappa shape index (κ3) is 6.58. The second-order valence-corrected chi connectivity index (χ2v) is 10.4. The molecule has 25 heavy (non-hydrogen) atoms. The fourth-order valence-corrected chi connectivity index (χ4v) is 7.14. The van der Waals surface area contributed by atoms with E-state index in [1.54, 1.807) is 0 Å². The Morgan fingerprint density at radius 2 is 1.36 bits per heavy atom. The van der Waals surface area contributed by atoms with Crippen molar-refractivity contribution < 1.29 is 4.21 Å². The first-order valence-electron chi connectivity index (χ1n) is 9.18. The van der Waals surface area contributed by atoms with Gasteiger partial charge in [-0.25, -0.2) is 0 Å². The second kappa shape index (κ2) is 11.5. The summed E-state index contributed by atoms with van der Waals surface area (Å²) in [6.07, 6.45) is 6.88. The standard InChI is InChI=1S/C22H28OSSe/c1-3-5-13-19(14-6-4-2)22(25-21-17-11-8-12-18-21)24(23)20-15-9-7-10-16-20/h7-12,15-18H,3-6,13-14H2,1-2H3. The number of unbranched alkanes of at least 4 members (excludes halogenated alkanes) is 2. The van der Waals surface area contributed by atoms with Gasteiger partial charge in [0.1, 0.15) is 0 Å². The van der Waals surface area contributed by atoms with Crippen LogP contribution in [0.3, 0.4) is 0 Å². The van der Waals surface area contributed by atoms with Crippen LogP contribution in [0.1, 0.15) is 52.4 Å². The Morgan fingerprint density at radius 1 is 0.840 bits per heavy atom. The summed E-state index contributed by atoms with van der Waals surface area (Å²) in [5.41, 5.74) is 1.44. The Bertz CT molecular complexity index is 670. The van der Waals surface area contributed by atoms with E-state index < -0.39 is 10.8 Å². The molecule has 2 rings (SSSR count). The molecule has 0 bridgehead atoms. The van der Waals surface area contributed by atoms with Gasteiger partial charge in [0.25, 0.3) is 0 Å². The predicted octanol–water partition coefficient (Wildman–Crippen LogP) is 5.42. The maximum absolute atomic E-state index is 13.4. The quantitative estimate of drug-likeness (QED) is 0.470. The normalized spacial score (nSPS) is 11.9. The van der Waals surface area contributed by atoms with Crippen LogP contribution in [0.4, 0.5) is 0 Å². The van der Waals surface area contributed by atoms with E-state index in [9.17, 15) is 4.21 Å². The Hall–Kier alpha value is -1.15. The van der Waals surface area contributed by atoms with E-state index in [-0.39, 0.29) is 15.0 Å². The molecule has 1 nitrogen and oxygen atoms in total. The van der Waals surface area contributed by atoms with Crippen LogP contribution < -0.4 is 4.46 Å². The molecule has 0 aromatic heterocycles. The predicted molar refractivity (Wildman–Crippen MR) is 111 cm³/mol. The second-order valence-electron chi connectivity index (χ2n) is 6.10. The molecule has 0 fully saturated rings. The Kier molecular flexibility index (Phi) is 9.25. The molecule has 0 saturated heterocycles. The van der Waals surface area contributed by atoms with Crippen molar-refractivity contribution in [1.82, 2.24) is 0 Å². The molecule has 3 heteroatoms. The van der Waals surface area contributed by atoms with Gasteiger partial charge in [-0.1, -0.05) is 0 Å². The average Bonchev–Trinajstić information content (AvgIpc) is 2.67. The summed E-state index contributed by atoms with van der Waals surface area (Å²) in [5, 5.41) is 0. The van der Waals surface area contributed by atoms with Crippen LogP contribution >= 0.6 is 0 Å². The van der Waals surface area contributed by atoms with Gasteiger partial charge in [-0.15, -0.1) is 0 Å². The van der Waals surface area contributed by atoms with E-state index >= 15 is 0 Å². The van der Waals surface area contributed by atoms with Crippen molar-refractivity contribution >= 4 is 30.2 Å². The number of allylic oxidation sites excluding steroid dienone is 1. The minimum atomic E-state index is -1.05. The molecule has 134 valence electrons. The third-order valence-electron chi connectivity index (χ3n) is 4.03. The number of hydrogen-bond acceptors (Lipinski definition) is 1. The summed E-state index contributed by atoms with van der Waals surface area (Å²) in [6.45, 7) is 4.46. The number of hydrogen-bond donors (Lipinski definition) is 0. The van der Waals surface area contributed by atoms with Crippen LogP contribution in [0.25, 0.3) is 0 Å². The van der Waals surface area contributed by atoms with Gasteiger partial charge in [0, 0.05) is 0 Å². The Labute approximate surface area is 161 Å². The zero-order valence-electron chi connectivity index (χ0n) is 15.2. The van der Waals surface area contributed by atoms with Gasteiger partial charge < -0.3 is 0 Å². The first-order valence-corrected chi connectivity index (χ1v) is 12.0. The summed E-state index contributed by atoms with van der Waals surface area (Å²) >= 11 is 0.110. The fourth-order valence-electron chi connectivity index (χ4n) is 2.60. The molecule has 0 saturated carbocycles. The van der Waals surface area contributed by atoms with E-state index in [0.29, 0.717) is 0 Å². The minimum absolute atomic E-state index is 0.110. The van der Waals surface area contributed by atoms with Crippen LogP contribution in [0.2, 0.25) is 0 Å². The fraction of sp³-hybridized carbons (Fsp3) is 0.364. The van der Waals surface area contributed by atoms with Gasteiger partial charge in [-0.05, 0) is 0 Å². The van der Waals surface area contributed by atoms with Gasteiger partial charge in [0.05, 0.1) is 0 Å². The van der Waals surface area contributed by atoms with Gasteiger partial charge in [0.2, 0.25) is 0 Å². The van der Waals surface area contributed by atoms with E-state index in [1.807, 2.05) is 36.4 Å². The van der Waals surface area contributed by atoms with E-state index in [1.165, 1.54) is 39.5 Å². The number of rotatable bonds is 10. The molecule has 1 atom stereocenters. The van der Waals surface area contributed by atoms with E-state index in [0.717, 1.165) is 17.7 Å². The van der Waals surface area contributed by atoms with Crippen molar-refractivity contribution in [3.05, 3.63) is 70.0 Å². The van der Waals surface area contributed by atoms with E-state index in [2.05, 4.69) is 38.1 Å². The van der Waals surface area contributed by atoms with Crippen molar-refractivity contribution in [1.29, 1.82) is 0 Å². The van der Waals surface area contributed by atoms with Gasteiger partial charge >= 0.3 is 162 Å². The molecule has 0 aliphatic heterocycles. The molecular weight excluding hydrogens is 391 g/mol. The molecule has 1 unspecified atom stereocenters. The van der Waals surface area contributed by atoms with Crippen molar-refractivity contribution in [2.75, 3.05) is 0 Å². The molecule has 2 aromatic rings. The molecule has 0 spiro atoms. The molecule has 0 radical (unpaired) electrons. The van der Waals surface area contributed by atoms with Gasteiger partial charge in [-0.3, -0.25) is 0 Å². The average molecular weight is 419 g/mol. The van der Waals surface area contributed by atoms with Crippen LogP contribution in [0, 0.1) is 0 Å². The van der Waals surface area contributed by atoms with Crippen LogP contribution in [0.15, 0.2) is 74.9 Å². The van der Waals surface area contributed by atoms with Gasteiger partial charge in [-0.2, -0.15) is 0 Å². The van der Waals surface area contributed by atoms with Crippen LogP contribution in [-0.2, 0) is 10.8 Å². The number of benzene rings is 2. The summed E-state index contributed by atoms with van der Waals surface area (Å²) in [6, 6.07) is 20.5. The third-order valence-corrected chi connectivity index (χ3v) is 8.80. The maximum atomic E-state index is 13.4. The van der Waals surface area contributed by atoms with Crippen LogP contribution in [0.5, 0.6) is 0 Å². The molecule has 0 N–H and O–H groups in total. The zero-order valence-corrected chi connectivity index (χ0v) is 17.8. The van der Waals surface area contributed by atoms with Crippen molar-refractivity contribution in [3.63, 3.8) is 0 Å². The van der Waals surface area contributed by atoms with Crippen molar-refractivity contribution in [2.24, 2.45) is 0 Å². The van der Waals surface area contributed by atoms with E-state index in [4.69, 9.17) is 0 Å². The first kappa shape index (κ1) is 20.2. The molecule has 2 aromatic carbocycles. The summed E-state index contributed by atoms with van der Waals surface area (Å²) in [7, 11) is -1.05. The molecule has 0 heterocycles. The molecular formula is C22H28OSSe. The zero-order chi connectivity index (χ0) is 17.9. The summed E-state index contributed by atoms with van der Waals surface area (Å²) in [5.74, 6) is 0. The molecule has 0 aliphatic rings. The Balaban J connectivity index is 2.40. The molecule has 0 aliphatic carbocycles. The first-order chi connectivity index (χ1) is 12.3. The summed E-state index contributed by atoms with van der Waals surface area (Å²) < 4.78 is 15.9. The summed E-state index contributed by atoms with van der Waals surface area (Å²) in [4.78, 5) is 0.931. The van der Waals surface area contributed by atoms with Crippen LogP contribution in [-0.4, -0.2) is 19.2 Å². The topological polar surface area (TPSA) is 17.1 Å². The Morgan fingerprint density at radius 3 is 1.88 bits per heavy atom. The molecule has 0 amide bonds.